The molecular formula is C15H25FN2O. The van der Waals surface area contributed by atoms with E-state index in [0.29, 0.717) is 0 Å². The van der Waals surface area contributed by atoms with Gasteiger partial charge in [-0.1, -0.05) is 13.3 Å². The Morgan fingerprint density at radius 1 is 1.16 bits per heavy atom. The minimum Gasteiger partial charge on any atom is -0.380 e. The zero-order valence-electron chi connectivity index (χ0n) is 12.0. The van der Waals surface area contributed by atoms with Crippen LogP contribution >= 0.6 is 0 Å². The van der Waals surface area contributed by atoms with Gasteiger partial charge in [0, 0.05) is 39.0 Å². The molecule has 0 fully saturated rings. The highest BCUT2D eigenvalue weighted by Crippen LogP contribution is 2.12. The second kappa shape index (κ2) is 9.75. The second-order valence-electron chi connectivity index (χ2n) is 4.61. The van der Waals surface area contributed by atoms with Gasteiger partial charge < -0.3 is 15.0 Å². The van der Waals surface area contributed by atoms with E-state index in [1.807, 2.05) is 7.05 Å². The maximum absolute atomic E-state index is 12.8. The molecule has 0 spiro atoms. The zero-order valence-corrected chi connectivity index (χ0v) is 12.0. The standard InChI is InChI=1S/C15H25FN2O/c1-3-4-12-19-13-10-17-9-11-18(2)15-7-5-14(16)6-8-15/h5-8,17H,3-4,9-13H2,1-2H3. The van der Waals surface area contributed by atoms with Crippen molar-refractivity contribution >= 4 is 5.69 Å². The maximum Gasteiger partial charge on any atom is 0.123 e. The Kier molecular flexibility index (Phi) is 8.18. The van der Waals surface area contributed by atoms with Gasteiger partial charge in [0.1, 0.15) is 5.82 Å². The Morgan fingerprint density at radius 2 is 1.89 bits per heavy atom. The lowest BCUT2D eigenvalue weighted by Crippen LogP contribution is -2.31. The molecule has 108 valence electrons. The molecule has 0 aliphatic carbocycles. The molecule has 0 unspecified atom stereocenters. The van der Waals surface area contributed by atoms with Gasteiger partial charge in [0.2, 0.25) is 0 Å². The first kappa shape index (κ1) is 15.9. The Labute approximate surface area is 115 Å². The predicted octanol–water partition coefficient (Wildman–Crippen LogP) is 2.67. The van der Waals surface area contributed by atoms with Crippen molar-refractivity contribution in [3.05, 3.63) is 30.1 Å². The number of hydrogen-bond donors (Lipinski definition) is 1. The monoisotopic (exact) mass is 268 g/mol. The van der Waals surface area contributed by atoms with Crippen molar-refractivity contribution < 1.29 is 9.13 Å². The summed E-state index contributed by atoms with van der Waals surface area (Å²) in [4.78, 5) is 2.10. The molecule has 0 bridgehead atoms. The third kappa shape index (κ3) is 7.13. The molecule has 1 aromatic rings. The molecule has 1 N–H and O–H groups in total. The van der Waals surface area contributed by atoms with E-state index in [-0.39, 0.29) is 5.82 Å². The van der Waals surface area contributed by atoms with Gasteiger partial charge in [-0.05, 0) is 30.7 Å². The number of likely N-dealkylation sites (N-methyl/N-ethyl adjacent to an activating group) is 1. The third-order valence-electron chi connectivity index (χ3n) is 2.96. The first-order valence-corrected chi connectivity index (χ1v) is 6.99. The van der Waals surface area contributed by atoms with Crippen LogP contribution < -0.4 is 10.2 Å². The summed E-state index contributed by atoms with van der Waals surface area (Å²) in [6, 6.07) is 6.56. The highest BCUT2D eigenvalue weighted by Gasteiger charge is 2.00. The third-order valence-corrected chi connectivity index (χ3v) is 2.96. The lowest BCUT2D eigenvalue weighted by molar-refractivity contribution is 0.133. The number of hydrogen-bond acceptors (Lipinski definition) is 3. The SMILES string of the molecule is CCCCOCCNCCN(C)c1ccc(F)cc1. The number of nitrogens with one attached hydrogen (secondary N) is 1. The molecule has 0 aromatic heterocycles. The van der Waals surface area contributed by atoms with E-state index in [9.17, 15) is 4.39 Å². The van der Waals surface area contributed by atoms with Gasteiger partial charge in [-0.3, -0.25) is 0 Å². The average Bonchev–Trinajstić information content (AvgIpc) is 2.42. The number of halogens is 1. The van der Waals surface area contributed by atoms with Crippen molar-refractivity contribution in [3.63, 3.8) is 0 Å². The molecule has 0 atom stereocenters. The molecule has 3 nitrogen and oxygen atoms in total. The summed E-state index contributed by atoms with van der Waals surface area (Å²) >= 11 is 0. The molecule has 0 heterocycles. The fourth-order valence-corrected chi connectivity index (χ4v) is 1.69. The van der Waals surface area contributed by atoms with E-state index < -0.39 is 0 Å². The van der Waals surface area contributed by atoms with Crippen molar-refractivity contribution in [3.8, 4) is 0 Å². The highest BCUT2D eigenvalue weighted by atomic mass is 19.1. The van der Waals surface area contributed by atoms with Crippen LogP contribution in [-0.4, -0.2) is 39.9 Å². The molecule has 0 amide bonds. The van der Waals surface area contributed by atoms with Crippen LogP contribution in [0.15, 0.2) is 24.3 Å². The molecule has 1 rings (SSSR count). The van der Waals surface area contributed by atoms with Crippen LogP contribution in [-0.2, 0) is 4.74 Å². The lowest BCUT2D eigenvalue weighted by Gasteiger charge is -2.19. The maximum atomic E-state index is 12.8. The molecule has 0 saturated heterocycles. The van der Waals surface area contributed by atoms with Crippen LogP contribution in [0.3, 0.4) is 0 Å². The lowest BCUT2D eigenvalue weighted by atomic mass is 10.3. The highest BCUT2D eigenvalue weighted by molar-refractivity contribution is 5.45. The van der Waals surface area contributed by atoms with Crippen molar-refractivity contribution in [2.75, 3.05) is 44.8 Å². The Hall–Kier alpha value is -1.13. The summed E-state index contributed by atoms with van der Waals surface area (Å²) in [5, 5.41) is 3.33. The van der Waals surface area contributed by atoms with Gasteiger partial charge in [0.25, 0.3) is 0 Å². The van der Waals surface area contributed by atoms with Gasteiger partial charge in [-0.15, -0.1) is 0 Å². The van der Waals surface area contributed by atoms with Crippen molar-refractivity contribution in [1.82, 2.24) is 5.32 Å². The van der Waals surface area contributed by atoms with Crippen molar-refractivity contribution in [2.45, 2.75) is 19.8 Å². The van der Waals surface area contributed by atoms with E-state index in [1.54, 1.807) is 12.1 Å². The minimum absolute atomic E-state index is 0.195. The van der Waals surface area contributed by atoms with Gasteiger partial charge >= 0.3 is 0 Å². The fraction of sp³-hybridized carbons (Fsp3) is 0.600. The second-order valence-corrected chi connectivity index (χ2v) is 4.61. The van der Waals surface area contributed by atoms with E-state index >= 15 is 0 Å². The largest absolute Gasteiger partial charge is 0.380 e. The quantitative estimate of drug-likeness (QED) is 0.660. The summed E-state index contributed by atoms with van der Waals surface area (Å²) in [6.07, 6.45) is 2.31. The number of unbranched alkanes of at least 4 members (excludes halogenated alkanes) is 1. The minimum atomic E-state index is -0.195. The number of anilines is 1. The molecule has 4 heteroatoms. The van der Waals surface area contributed by atoms with Gasteiger partial charge in [-0.2, -0.15) is 0 Å². The van der Waals surface area contributed by atoms with E-state index in [4.69, 9.17) is 4.74 Å². The van der Waals surface area contributed by atoms with Crippen LogP contribution in [0, 0.1) is 5.82 Å². The summed E-state index contributed by atoms with van der Waals surface area (Å²) in [5.74, 6) is -0.195. The van der Waals surface area contributed by atoms with Crippen LogP contribution in [0.1, 0.15) is 19.8 Å². The first-order chi connectivity index (χ1) is 9.24. The van der Waals surface area contributed by atoms with Crippen molar-refractivity contribution in [1.29, 1.82) is 0 Å². The topological polar surface area (TPSA) is 24.5 Å². The predicted molar refractivity (Wildman–Crippen MR) is 78.3 cm³/mol. The molecule has 0 saturated carbocycles. The Balaban J connectivity index is 2.04. The van der Waals surface area contributed by atoms with Crippen molar-refractivity contribution in [2.24, 2.45) is 0 Å². The molecular weight excluding hydrogens is 243 g/mol. The van der Waals surface area contributed by atoms with Crippen LogP contribution in [0.4, 0.5) is 10.1 Å². The van der Waals surface area contributed by atoms with Gasteiger partial charge in [0.15, 0.2) is 0 Å². The number of benzene rings is 1. The summed E-state index contributed by atoms with van der Waals surface area (Å²) < 4.78 is 18.2. The van der Waals surface area contributed by atoms with E-state index in [0.717, 1.165) is 45.0 Å². The zero-order chi connectivity index (χ0) is 13.9. The van der Waals surface area contributed by atoms with Gasteiger partial charge in [0.05, 0.1) is 6.61 Å². The van der Waals surface area contributed by atoms with Crippen LogP contribution in [0.2, 0.25) is 0 Å². The fourth-order valence-electron chi connectivity index (χ4n) is 1.69. The Morgan fingerprint density at radius 3 is 2.58 bits per heavy atom. The first-order valence-electron chi connectivity index (χ1n) is 6.99. The van der Waals surface area contributed by atoms with Gasteiger partial charge in [-0.25, -0.2) is 4.39 Å². The number of rotatable bonds is 10. The van der Waals surface area contributed by atoms with Crippen LogP contribution in [0.25, 0.3) is 0 Å². The van der Waals surface area contributed by atoms with Crippen LogP contribution in [0.5, 0.6) is 0 Å². The summed E-state index contributed by atoms with van der Waals surface area (Å²) in [7, 11) is 2.01. The number of nitrogens with zero attached hydrogens (tertiary/aromatic N) is 1. The number of ether oxygens (including phenoxy) is 1. The normalized spacial score (nSPS) is 10.7. The molecule has 0 radical (unpaired) electrons. The summed E-state index contributed by atoms with van der Waals surface area (Å²) in [5.41, 5.74) is 1.03. The molecule has 1 aromatic carbocycles. The molecule has 0 aliphatic rings. The van der Waals surface area contributed by atoms with E-state index in [2.05, 4.69) is 17.1 Å². The average molecular weight is 268 g/mol. The smallest absolute Gasteiger partial charge is 0.123 e. The Bertz CT molecular complexity index is 329. The van der Waals surface area contributed by atoms with E-state index in [1.165, 1.54) is 18.6 Å². The molecule has 19 heavy (non-hydrogen) atoms. The summed E-state index contributed by atoms with van der Waals surface area (Å²) in [6.45, 7) is 6.44. The molecule has 0 aliphatic heterocycles.